The van der Waals surface area contributed by atoms with Crippen molar-refractivity contribution < 1.29 is 27.8 Å². The lowest BCUT2D eigenvalue weighted by molar-refractivity contribution is -0.112. The second-order valence-corrected chi connectivity index (χ2v) is 13.3. The number of aromatic nitrogens is 3. The summed E-state index contributed by atoms with van der Waals surface area (Å²) in [4.78, 5) is 33.6. The van der Waals surface area contributed by atoms with Gasteiger partial charge in [0.1, 0.15) is 34.4 Å². The van der Waals surface area contributed by atoms with Gasteiger partial charge in [0.2, 0.25) is 11.7 Å². The van der Waals surface area contributed by atoms with Gasteiger partial charge < -0.3 is 34.0 Å². The molecule has 1 saturated carbocycles. The molecule has 1 fully saturated rings. The summed E-state index contributed by atoms with van der Waals surface area (Å²) in [5.41, 5.74) is 5.66. The van der Waals surface area contributed by atoms with Crippen molar-refractivity contribution in [3.8, 4) is 16.9 Å². The van der Waals surface area contributed by atoms with Crippen molar-refractivity contribution in [3.63, 3.8) is 0 Å². The quantitative estimate of drug-likeness (QED) is 0.129. The predicted octanol–water partition coefficient (Wildman–Crippen LogP) is 6.06. The van der Waals surface area contributed by atoms with Gasteiger partial charge in [0.25, 0.3) is 0 Å². The van der Waals surface area contributed by atoms with Gasteiger partial charge in [-0.1, -0.05) is 12.1 Å². The zero-order valence-electron chi connectivity index (χ0n) is 28.8. The molecule has 0 saturated heterocycles. The van der Waals surface area contributed by atoms with E-state index in [9.17, 15) is 9.59 Å². The fourth-order valence-electron chi connectivity index (χ4n) is 6.87. The average molecular weight is 683 g/mol. The Morgan fingerprint density at radius 3 is 2.58 bits per heavy atom. The molecule has 1 aliphatic carbocycles. The van der Waals surface area contributed by atoms with Crippen molar-refractivity contribution in [2.45, 2.75) is 45.2 Å². The Morgan fingerprint density at radius 2 is 1.88 bits per heavy atom. The maximum Gasteiger partial charge on any atom is 0.248 e. The molecule has 0 atom stereocenters. The summed E-state index contributed by atoms with van der Waals surface area (Å²) < 4.78 is 45.9. The number of methoxy groups -OCH3 is 2. The Labute approximate surface area is 288 Å². The number of ether oxygens (including phenoxy) is 2. The number of rotatable bonds is 11. The van der Waals surface area contributed by atoms with Crippen LogP contribution in [0.15, 0.2) is 54.7 Å². The molecule has 1 amide bonds. The Hall–Kier alpha value is -5.07. The van der Waals surface area contributed by atoms with Gasteiger partial charge >= 0.3 is 0 Å². The summed E-state index contributed by atoms with van der Waals surface area (Å²) in [6.45, 7) is 6.31. The third-order valence-electron chi connectivity index (χ3n) is 9.85. The molecule has 0 radical (unpaired) electrons. The first-order valence-corrected chi connectivity index (χ1v) is 16.7. The highest BCUT2D eigenvalue weighted by Gasteiger charge is 2.36. The number of amides is 1. The van der Waals surface area contributed by atoms with Crippen LogP contribution in [-0.2, 0) is 22.5 Å². The fourth-order valence-corrected chi connectivity index (χ4v) is 6.87. The van der Waals surface area contributed by atoms with Gasteiger partial charge in [-0.2, -0.15) is 0 Å². The van der Waals surface area contributed by atoms with Crippen LogP contribution in [0.25, 0.3) is 27.7 Å². The minimum Gasteiger partial charge on any atom is -0.496 e. The second-order valence-electron chi connectivity index (χ2n) is 13.3. The lowest BCUT2D eigenvalue weighted by atomic mass is 9.96. The highest BCUT2D eigenvalue weighted by Crippen LogP contribution is 2.47. The molecule has 7 rings (SSSR count). The van der Waals surface area contributed by atoms with E-state index in [1.807, 2.05) is 32.2 Å². The normalized spacial score (nSPS) is 15.0. The number of pyridine rings is 1. The molecule has 0 bridgehead atoms. The highest BCUT2D eigenvalue weighted by atomic mass is 19.1. The first kappa shape index (κ1) is 33.4. The maximum absolute atomic E-state index is 15.3. The van der Waals surface area contributed by atoms with Crippen molar-refractivity contribution in [1.82, 2.24) is 19.3 Å². The van der Waals surface area contributed by atoms with E-state index in [0.717, 1.165) is 69.7 Å². The highest BCUT2D eigenvalue weighted by molar-refractivity contribution is 6.11. The monoisotopic (exact) mass is 682 g/mol. The van der Waals surface area contributed by atoms with Crippen molar-refractivity contribution in [1.29, 1.82) is 0 Å². The number of carbonyl (C=O) groups excluding carboxylic acids is 2. The summed E-state index contributed by atoms with van der Waals surface area (Å²) in [6, 6.07) is 9.54. The zero-order valence-corrected chi connectivity index (χ0v) is 28.8. The molecule has 10 nitrogen and oxygen atoms in total. The van der Waals surface area contributed by atoms with E-state index in [1.165, 1.54) is 6.08 Å². The number of carbonyl (C=O) groups is 2. The van der Waals surface area contributed by atoms with Gasteiger partial charge in [-0.3, -0.25) is 9.59 Å². The molecule has 260 valence electrons. The molecule has 4 heterocycles. The standard InChI is InChI=1S/C38H40F2N6O4/c1-22-42-34-28(45(22)16-17-49-4)21-30(50-5)32-25-8-7-14-46-29(20-23(35(25)46)10-15-44(3)36(32)34)37(48)24-18-26(39)33(27(40)19-24)43-31(47)9-6-13-41-38(2)11-12-38/h6-9,14,18-21,41H,10-13,15-17H2,1-5H3,(H,43,47)/b9-6+. The van der Waals surface area contributed by atoms with E-state index >= 15 is 8.78 Å². The third-order valence-corrected chi connectivity index (χ3v) is 9.85. The van der Waals surface area contributed by atoms with E-state index in [2.05, 4.69) is 27.0 Å². The minimum absolute atomic E-state index is 0.0972. The van der Waals surface area contributed by atoms with Gasteiger partial charge in [-0.05, 0) is 62.9 Å². The SMILES string of the molecule is COCCn1c(C)nc2c3c(c(OC)cc21)-c1cccn2c(C(=O)c4cc(F)c(NC(=O)/C=C/CNC5(C)CC5)c(F)c4)cc(c12)CCN3C. The molecule has 50 heavy (non-hydrogen) atoms. The van der Waals surface area contributed by atoms with Crippen molar-refractivity contribution in [2.75, 3.05) is 51.2 Å². The van der Waals surface area contributed by atoms with E-state index < -0.39 is 29.0 Å². The minimum atomic E-state index is -1.04. The molecular formula is C38H40F2N6O4. The molecule has 1 aliphatic heterocycles. The number of anilines is 2. The van der Waals surface area contributed by atoms with Crippen molar-refractivity contribution >= 4 is 39.6 Å². The average Bonchev–Trinajstić information content (AvgIpc) is 3.58. The Bertz CT molecular complexity index is 2180. The number of imidazole rings is 1. The number of aryl methyl sites for hydroxylation is 1. The molecule has 2 aliphatic rings. The Balaban J connectivity index is 1.26. The van der Waals surface area contributed by atoms with Crippen LogP contribution in [0.2, 0.25) is 0 Å². The molecule has 12 heteroatoms. The lowest BCUT2D eigenvalue weighted by Gasteiger charge is -2.27. The van der Waals surface area contributed by atoms with Crippen LogP contribution in [-0.4, -0.2) is 72.1 Å². The fraction of sp³-hybridized carbons (Fsp3) is 0.342. The Morgan fingerprint density at radius 1 is 1.12 bits per heavy atom. The van der Waals surface area contributed by atoms with Crippen LogP contribution in [0.5, 0.6) is 5.75 Å². The zero-order chi connectivity index (χ0) is 35.3. The Kier molecular flexibility index (Phi) is 8.69. The number of benzene rings is 2. The van der Waals surface area contributed by atoms with Gasteiger partial charge in [0.05, 0.1) is 41.7 Å². The maximum atomic E-state index is 15.3. The molecular weight excluding hydrogens is 642 g/mol. The summed E-state index contributed by atoms with van der Waals surface area (Å²) in [6.07, 6.45) is 7.37. The van der Waals surface area contributed by atoms with Crippen LogP contribution in [0.3, 0.4) is 0 Å². The number of hydrogen-bond acceptors (Lipinski definition) is 7. The van der Waals surface area contributed by atoms with E-state index in [1.54, 1.807) is 37.0 Å². The van der Waals surface area contributed by atoms with Gasteiger partial charge in [-0.25, -0.2) is 13.8 Å². The van der Waals surface area contributed by atoms with Crippen molar-refractivity contribution in [3.05, 3.63) is 89.0 Å². The number of ketones is 1. The summed E-state index contributed by atoms with van der Waals surface area (Å²) >= 11 is 0. The first-order chi connectivity index (χ1) is 24.0. The number of hydrogen-bond donors (Lipinski definition) is 2. The number of nitrogens with one attached hydrogen (secondary N) is 2. The number of nitrogens with zero attached hydrogens (tertiary/aromatic N) is 4. The molecule has 3 aromatic heterocycles. The summed E-state index contributed by atoms with van der Waals surface area (Å²) in [7, 11) is 5.32. The molecule has 2 N–H and O–H groups in total. The molecule has 2 aromatic carbocycles. The van der Waals surface area contributed by atoms with Crippen LogP contribution < -0.4 is 20.3 Å². The van der Waals surface area contributed by atoms with Crippen LogP contribution in [0.4, 0.5) is 20.2 Å². The second kappa shape index (κ2) is 13.0. The van der Waals surface area contributed by atoms with Gasteiger partial charge in [0.15, 0.2) is 0 Å². The number of fused-ring (bicyclic) bond motifs is 4. The van der Waals surface area contributed by atoms with Crippen molar-refractivity contribution in [2.24, 2.45) is 0 Å². The third kappa shape index (κ3) is 5.92. The largest absolute Gasteiger partial charge is 0.496 e. The number of likely N-dealkylation sites (N-methyl/N-ethyl adjacent to an activating group) is 1. The first-order valence-electron chi connectivity index (χ1n) is 16.7. The molecule has 5 aromatic rings. The lowest BCUT2D eigenvalue weighted by Crippen LogP contribution is -2.27. The van der Waals surface area contributed by atoms with E-state index in [-0.39, 0.29) is 16.8 Å². The smallest absolute Gasteiger partial charge is 0.248 e. The van der Waals surface area contributed by atoms with Crippen LogP contribution >= 0.6 is 0 Å². The van der Waals surface area contributed by atoms with Crippen LogP contribution in [0.1, 0.15) is 47.2 Å². The topological polar surface area (TPSA) is 102 Å². The van der Waals surface area contributed by atoms with Crippen LogP contribution in [0, 0.1) is 18.6 Å². The number of halogens is 2. The molecule has 0 unspecified atom stereocenters. The van der Waals surface area contributed by atoms with E-state index in [4.69, 9.17) is 14.5 Å². The van der Waals surface area contributed by atoms with E-state index in [0.29, 0.717) is 38.4 Å². The predicted molar refractivity (Wildman–Crippen MR) is 189 cm³/mol. The summed E-state index contributed by atoms with van der Waals surface area (Å²) in [5, 5.41) is 5.57. The van der Waals surface area contributed by atoms with Gasteiger partial charge in [-0.15, -0.1) is 0 Å². The summed E-state index contributed by atoms with van der Waals surface area (Å²) in [5.74, 6) is -1.79. The van der Waals surface area contributed by atoms with Gasteiger partial charge in [0, 0.05) is 68.8 Å². The molecule has 0 spiro atoms.